The quantitative estimate of drug-likeness (QED) is 0.802. The Hall–Kier alpha value is -1.23. The Morgan fingerprint density at radius 2 is 1.95 bits per heavy atom. The number of alkyl halides is 3. The van der Waals surface area contributed by atoms with Crippen LogP contribution in [0.2, 0.25) is 0 Å². The molecule has 0 heterocycles. The Morgan fingerprint density at radius 3 is 2.60 bits per heavy atom. The fourth-order valence-electron chi connectivity index (χ4n) is 2.64. The molecule has 112 valence electrons. The molecule has 1 aromatic rings. The van der Waals surface area contributed by atoms with E-state index >= 15 is 0 Å². The topological polar surface area (TPSA) is 21.3 Å². The summed E-state index contributed by atoms with van der Waals surface area (Å²) in [5, 5.41) is 3.19. The number of benzene rings is 1. The maximum absolute atomic E-state index is 12.0. The third-order valence-corrected chi connectivity index (χ3v) is 3.79. The molecule has 0 amide bonds. The fourth-order valence-corrected chi connectivity index (χ4v) is 2.64. The predicted molar refractivity (Wildman–Crippen MR) is 72.0 cm³/mol. The van der Waals surface area contributed by atoms with Crippen molar-refractivity contribution in [2.24, 2.45) is 0 Å². The van der Waals surface area contributed by atoms with Gasteiger partial charge in [-0.15, -0.1) is 0 Å². The molecule has 20 heavy (non-hydrogen) atoms. The SMILES string of the molecule is COc1ccccc1C1CC(NCCCC(F)(F)F)C1. The number of hydrogen-bond donors (Lipinski definition) is 1. The second-order valence-corrected chi connectivity index (χ2v) is 5.28. The molecule has 2 rings (SSSR count). The standard InChI is InChI=1S/C15H20F3NO/c1-20-14-6-3-2-5-13(14)11-9-12(10-11)19-8-4-7-15(16,17)18/h2-3,5-6,11-12,19H,4,7-10H2,1H3. The third-order valence-electron chi connectivity index (χ3n) is 3.79. The normalized spacial score (nSPS) is 22.4. The maximum Gasteiger partial charge on any atom is 0.389 e. The Labute approximate surface area is 117 Å². The van der Waals surface area contributed by atoms with Gasteiger partial charge in [-0.1, -0.05) is 18.2 Å². The molecule has 0 aliphatic heterocycles. The number of methoxy groups -OCH3 is 1. The summed E-state index contributed by atoms with van der Waals surface area (Å²) < 4.78 is 41.3. The van der Waals surface area contributed by atoms with Crippen LogP contribution in [0.5, 0.6) is 5.75 Å². The van der Waals surface area contributed by atoms with E-state index in [9.17, 15) is 13.2 Å². The van der Waals surface area contributed by atoms with Crippen molar-refractivity contribution in [1.29, 1.82) is 0 Å². The van der Waals surface area contributed by atoms with Gasteiger partial charge in [0.25, 0.3) is 0 Å². The first-order valence-corrected chi connectivity index (χ1v) is 6.92. The molecule has 1 saturated carbocycles. The largest absolute Gasteiger partial charge is 0.496 e. The summed E-state index contributed by atoms with van der Waals surface area (Å²) in [6.45, 7) is 0.433. The van der Waals surface area contributed by atoms with Gasteiger partial charge in [-0.3, -0.25) is 0 Å². The van der Waals surface area contributed by atoms with E-state index < -0.39 is 12.6 Å². The second-order valence-electron chi connectivity index (χ2n) is 5.28. The van der Waals surface area contributed by atoms with Gasteiger partial charge in [-0.25, -0.2) is 0 Å². The highest BCUT2D eigenvalue weighted by Crippen LogP contribution is 2.40. The van der Waals surface area contributed by atoms with Crippen molar-refractivity contribution in [3.8, 4) is 5.75 Å². The monoisotopic (exact) mass is 287 g/mol. The van der Waals surface area contributed by atoms with Crippen LogP contribution in [0.25, 0.3) is 0 Å². The first-order chi connectivity index (χ1) is 9.49. The van der Waals surface area contributed by atoms with E-state index in [0.29, 0.717) is 18.5 Å². The molecular formula is C15H20F3NO. The average molecular weight is 287 g/mol. The molecule has 1 N–H and O–H groups in total. The van der Waals surface area contributed by atoms with Crippen LogP contribution in [0, 0.1) is 0 Å². The molecule has 0 atom stereocenters. The second kappa shape index (κ2) is 6.48. The van der Waals surface area contributed by atoms with E-state index in [1.165, 1.54) is 5.56 Å². The molecule has 1 fully saturated rings. The van der Waals surface area contributed by atoms with Gasteiger partial charge >= 0.3 is 6.18 Å². The Bertz CT molecular complexity index is 427. The van der Waals surface area contributed by atoms with Gasteiger partial charge in [0.2, 0.25) is 0 Å². The summed E-state index contributed by atoms with van der Waals surface area (Å²) in [4.78, 5) is 0. The lowest BCUT2D eigenvalue weighted by Crippen LogP contribution is -2.40. The number of rotatable bonds is 6. The van der Waals surface area contributed by atoms with Crippen LogP contribution in [0.4, 0.5) is 13.2 Å². The number of ether oxygens (including phenoxy) is 1. The first kappa shape index (κ1) is 15.2. The van der Waals surface area contributed by atoms with Gasteiger partial charge in [0, 0.05) is 12.5 Å². The minimum atomic E-state index is -4.04. The Kier molecular flexibility index (Phi) is 4.91. The lowest BCUT2D eigenvalue weighted by molar-refractivity contribution is -0.135. The molecule has 0 aromatic heterocycles. The zero-order chi connectivity index (χ0) is 14.6. The van der Waals surface area contributed by atoms with Crippen molar-refractivity contribution in [1.82, 2.24) is 5.32 Å². The van der Waals surface area contributed by atoms with Crippen molar-refractivity contribution in [2.75, 3.05) is 13.7 Å². The molecule has 0 spiro atoms. The zero-order valence-electron chi connectivity index (χ0n) is 11.5. The average Bonchev–Trinajstić information content (AvgIpc) is 2.35. The third kappa shape index (κ3) is 4.13. The molecule has 0 unspecified atom stereocenters. The summed E-state index contributed by atoms with van der Waals surface area (Å²) in [5.74, 6) is 1.35. The predicted octanol–water partition coefficient (Wildman–Crippen LogP) is 3.87. The molecule has 1 aromatic carbocycles. The van der Waals surface area contributed by atoms with Gasteiger partial charge in [0.05, 0.1) is 7.11 Å². The van der Waals surface area contributed by atoms with Crippen LogP contribution in [0.1, 0.15) is 37.2 Å². The van der Waals surface area contributed by atoms with Gasteiger partial charge in [0.15, 0.2) is 0 Å². The zero-order valence-corrected chi connectivity index (χ0v) is 11.5. The van der Waals surface area contributed by atoms with Gasteiger partial charge in [-0.2, -0.15) is 13.2 Å². The fraction of sp³-hybridized carbons (Fsp3) is 0.600. The van der Waals surface area contributed by atoms with Gasteiger partial charge in [0.1, 0.15) is 5.75 Å². The first-order valence-electron chi connectivity index (χ1n) is 6.92. The van der Waals surface area contributed by atoms with Crippen LogP contribution < -0.4 is 10.1 Å². The lowest BCUT2D eigenvalue weighted by Gasteiger charge is -2.37. The van der Waals surface area contributed by atoms with E-state index in [-0.39, 0.29) is 6.42 Å². The van der Waals surface area contributed by atoms with Crippen molar-refractivity contribution in [3.05, 3.63) is 29.8 Å². The number of hydrogen-bond acceptors (Lipinski definition) is 2. The minimum Gasteiger partial charge on any atom is -0.496 e. The van der Waals surface area contributed by atoms with Crippen molar-refractivity contribution < 1.29 is 17.9 Å². The van der Waals surface area contributed by atoms with Crippen molar-refractivity contribution in [2.45, 2.75) is 43.8 Å². The van der Waals surface area contributed by atoms with Crippen LogP contribution in [-0.4, -0.2) is 25.9 Å². The van der Waals surface area contributed by atoms with E-state index in [2.05, 4.69) is 11.4 Å². The molecular weight excluding hydrogens is 267 g/mol. The molecule has 0 saturated heterocycles. The molecule has 0 bridgehead atoms. The van der Waals surface area contributed by atoms with Crippen LogP contribution in [0.15, 0.2) is 24.3 Å². The summed E-state index contributed by atoms with van der Waals surface area (Å²) in [5.41, 5.74) is 1.20. The van der Waals surface area contributed by atoms with E-state index in [1.807, 2.05) is 18.2 Å². The molecule has 0 radical (unpaired) electrons. The lowest BCUT2D eigenvalue weighted by atomic mass is 9.75. The van der Waals surface area contributed by atoms with Crippen LogP contribution in [0.3, 0.4) is 0 Å². The highest BCUT2D eigenvalue weighted by molar-refractivity contribution is 5.37. The van der Waals surface area contributed by atoms with Gasteiger partial charge < -0.3 is 10.1 Å². The number of para-hydroxylation sites is 1. The highest BCUT2D eigenvalue weighted by Gasteiger charge is 2.32. The molecule has 1 aliphatic rings. The Morgan fingerprint density at radius 1 is 1.25 bits per heavy atom. The van der Waals surface area contributed by atoms with Crippen molar-refractivity contribution >= 4 is 0 Å². The highest BCUT2D eigenvalue weighted by atomic mass is 19.4. The maximum atomic E-state index is 12.0. The number of nitrogens with one attached hydrogen (secondary N) is 1. The summed E-state index contributed by atoms with van der Waals surface area (Å²) >= 11 is 0. The molecule has 5 heteroatoms. The summed E-state index contributed by atoms with van der Waals surface area (Å²) in [6.07, 6.45) is -2.66. The summed E-state index contributed by atoms with van der Waals surface area (Å²) in [6, 6.07) is 8.26. The van der Waals surface area contributed by atoms with Crippen LogP contribution in [-0.2, 0) is 0 Å². The molecule has 2 nitrogen and oxygen atoms in total. The van der Waals surface area contributed by atoms with Gasteiger partial charge in [-0.05, 0) is 43.4 Å². The smallest absolute Gasteiger partial charge is 0.389 e. The minimum absolute atomic E-state index is 0.152. The van der Waals surface area contributed by atoms with E-state index in [1.54, 1.807) is 7.11 Å². The van der Waals surface area contributed by atoms with Crippen molar-refractivity contribution in [3.63, 3.8) is 0 Å². The van der Waals surface area contributed by atoms with E-state index in [4.69, 9.17) is 4.74 Å². The van der Waals surface area contributed by atoms with E-state index in [0.717, 1.165) is 18.6 Å². The summed E-state index contributed by atoms with van der Waals surface area (Å²) in [7, 11) is 1.66. The molecule has 1 aliphatic carbocycles. The number of halogens is 3. The Balaban J connectivity index is 1.70. The van der Waals surface area contributed by atoms with Crippen LogP contribution >= 0.6 is 0 Å².